The molecule has 0 aliphatic rings. The van der Waals surface area contributed by atoms with E-state index >= 15 is 0 Å². The lowest BCUT2D eigenvalue weighted by Gasteiger charge is -2.10. The van der Waals surface area contributed by atoms with Crippen molar-refractivity contribution >= 4 is 33.8 Å². The first-order chi connectivity index (χ1) is 14.5. The van der Waals surface area contributed by atoms with E-state index in [4.69, 9.17) is 14.2 Å². The maximum Gasteiger partial charge on any atom is 0.343 e. The highest BCUT2D eigenvalue weighted by Gasteiger charge is 2.13. The molecule has 0 unspecified atom stereocenters. The van der Waals surface area contributed by atoms with Crippen molar-refractivity contribution in [2.24, 2.45) is 0 Å². The number of halogens is 1. The van der Waals surface area contributed by atoms with Gasteiger partial charge in [-0.15, -0.1) is 0 Å². The van der Waals surface area contributed by atoms with Crippen LogP contribution in [0.4, 0.5) is 0 Å². The minimum Gasteiger partial charge on any atom is -0.497 e. The molecule has 0 aliphatic heterocycles. The minimum absolute atomic E-state index is 0.137. The Morgan fingerprint density at radius 2 is 1.47 bits per heavy atom. The number of esters is 1. The zero-order valence-corrected chi connectivity index (χ0v) is 18.0. The summed E-state index contributed by atoms with van der Waals surface area (Å²) in [6.07, 6.45) is 3.15. The molecule has 5 nitrogen and oxygen atoms in total. The Balaban J connectivity index is 1.72. The minimum atomic E-state index is -0.487. The third-order valence-corrected chi connectivity index (χ3v) is 4.80. The van der Waals surface area contributed by atoms with Gasteiger partial charge in [-0.05, 0) is 72.3 Å². The fourth-order valence-electron chi connectivity index (χ4n) is 2.64. The monoisotopic (exact) mass is 466 g/mol. The zero-order chi connectivity index (χ0) is 21.5. The number of hydrogen-bond acceptors (Lipinski definition) is 5. The summed E-state index contributed by atoms with van der Waals surface area (Å²) in [7, 11) is 3.06. The fraction of sp³-hybridized carbons (Fsp3) is 0.0833. The Bertz CT molecular complexity index is 1070. The quantitative estimate of drug-likeness (QED) is 0.197. The maximum atomic E-state index is 12.3. The number of carbonyl (C=O) groups is 2. The molecule has 0 atom stereocenters. The molecule has 6 heteroatoms. The lowest BCUT2D eigenvalue weighted by Crippen LogP contribution is -2.09. The SMILES string of the molecule is COc1ccc(C(=O)C=Cc2ccc(OC(=O)c3ccc(Br)cc3)c(OC)c2)cc1. The second kappa shape index (κ2) is 9.89. The van der Waals surface area contributed by atoms with E-state index in [0.29, 0.717) is 28.4 Å². The topological polar surface area (TPSA) is 61.8 Å². The van der Waals surface area contributed by atoms with Gasteiger partial charge in [0.05, 0.1) is 19.8 Å². The second-order valence-electron chi connectivity index (χ2n) is 6.23. The molecule has 0 amide bonds. The summed E-state index contributed by atoms with van der Waals surface area (Å²) in [6.45, 7) is 0. The molecule has 0 fully saturated rings. The van der Waals surface area contributed by atoms with Crippen LogP contribution in [-0.2, 0) is 0 Å². The summed E-state index contributed by atoms with van der Waals surface area (Å²) < 4.78 is 16.8. The van der Waals surface area contributed by atoms with Gasteiger partial charge in [-0.1, -0.05) is 28.1 Å². The van der Waals surface area contributed by atoms with E-state index in [-0.39, 0.29) is 5.78 Å². The van der Waals surface area contributed by atoms with E-state index in [9.17, 15) is 9.59 Å². The Hall–Kier alpha value is -3.38. The van der Waals surface area contributed by atoms with Crippen LogP contribution in [-0.4, -0.2) is 26.0 Å². The molecular weight excluding hydrogens is 448 g/mol. The summed E-state index contributed by atoms with van der Waals surface area (Å²) in [5, 5.41) is 0. The lowest BCUT2D eigenvalue weighted by atomic mass is 10.1. The Morgan fingerprint density at radius 1 is 0.800 bits per heavy atom. The van der Waals surface area contributed by atoms with Crippen molar-refractivity contribution < 1.29 is 23.8 Å². The zero-order valence-electron chi connectivity index (χ0n) is 16.4. The Morgan fingerprint density at radius 3 is 2.10 bits per heavy atom. The van der Waals surface area contributed by atoms with Gasteiger partial charge < -0.3 is 14.2 Å². The number of carbonyl (C=O) groups excluding carboxylic acids is 2. The molecule has 0 aliphatic carbocycles. The third kappa shape index (κ3) is 5.36. The molecule has 0 aromatic heterocycles. The molecule has 0 saturated carbocycles. The molecule has 3 aromatic rings. The van der Waals surface area contributed by atoms with Crippen molar-refractivity contribution in [2.45, 2.75) is 0 Å². The summed E-state index contributed by atoms with van der Waals surface area (Å²) in [6, 6.07) is 18.8. The van der Waals surface area contributed by atoms with Gasteiger partial charge >= 0.3 is 5.97 Å². The number of allylic oxidation sites excluding steroid dienone is 1. The predicted octanol–water partition coefficient (Wildman–Crippen LogP) is 5.58. The first kappa shape index (κ1) is 21.3. The highest BCUT2D eigenvalue weighted by atomic mass is 79.9. The molecule has 0 heterocycles. The van der Waals surface area contributed by atoms with Crippen LogP contribution in [0.2, 0.25) is 0 Å². The number of benzene rings is 3. The van der Waals surface area contributed by atoms with E-state index in [1.54, 1.807) is 79.9 Å². The summed E-state index contributed by atoms with van der Waals surface area (Å²) in [5.74, 6) is 0.748. The van der Waals surface area contributed by atoms with Gasteiger partial charge in [0.25, 0.3) is 0 Å². The highest BCUT2D eigenvalue weighted by molar-refractivity contribution is 9.10. The van der Waals surface area contributed by atoms with Crippen molar-refractivity contribution in [3.63, 3.8) is 0 Å². The van der Waals surface area contributed by atoms with Crippen LogP contribution in [0, 0.1) is 0 Å². The van der Waals surface area contributed by atoms with Gasteiger partial charge in [-0.3, -0.25) is 4.79 Å². The normalized spacial score (nSPS) is 10.6. The Kier molecular flexibility index (Phi) is 7.03. The largest absolute Gasteiger partial charge is 0.497 e. The van der Waals surface area contributed by atoms with Crippen LogP contribution < -0.4 is 14.2 Å². The standard InChI is InChI=1S/C24H19BrO5/c1-28-20-11-7-17(8-12-20)21(26)13-3-16-4-14-22(23(15-16)29-2)30-24(27)18-5-9-19(25)10-6-18/h3-15H,1-2H3. The van der Waals surface area contributed by atoms with Crippen molar-refractivity contribution in [1.29, 1.82) is 0 Å². The van der Waals surface area contributed by atoms with Gasteiger partial charge in [0.15, 0.2) is 17.3 Å². The van der Waals surface area contributed by atoms with Crippen LogP contribution in [0.1, 0.15) is 26.3 Å². The highest BCUT2D eigenvalue weighted by Crippen LogP contribution is 2.29. The molecule has 0 spiro atoms. The number of ether oxygens (including phenoxy) is 3. The molecular formula is C24H19BrO5. The van der Waals surface area contributed by atoms with Gasteiger partial charge in [0.2, 0.25) is 0 Å². The molecule has 0 radical (unpaired) electrons. The van der Waals surface area contributed by atoms with Crippen molar-refractivity contribution in [3.05, 3.63) is 94.0 Å². The number of hydrogen-bond donors (Lipinski definition) is 0. The summed E-state index contributed by atoms with van der Waals surface area (Å²) >= 11 is 3.33. The van der Waals surface area contributed by atoms with Crippen LogP contribution in [0.3, 0.4) is 0 Å². The number of methoxy groups -OCH3 is 2. The third-order valence-electron chi connectivity index (χ3n) is 4.27. The van der Waals surface area contributed by atoms with E-state index in [0.717, 1.165) is 10.0 Å². The van der Waals surface area contributed by atoms with Crippen LogP contribution >= 0.6 is 15.9 Å². The van der Waals surface area contributed by atoms with Crippen LogP contribution in [0.25, 0.3) is 6.08 Å². The van der Waals surface area contributed by atoms with E-state index in [1.165, 1.54) is 13.2 Å². The Labute approximate surface area is 183 Å². The lowest BCUT2D eigenvalue weighted by molar-refractivity contribution is 0.0729. The first-order valence-electron chi connectivity index (χ1n) is 9.02. The van der Waals surface area contributed by atoms with Gasteiger partial charge in [-0.2, -0.15) is 0 Å². The summed E-state index contributed by atoms with van der Waals surface area (Å²) in [5.41, 5.74) is 1.71. The molecule has 3 aromatic carbocycles. The smallest absolute Gasteiger partial charge is 0.343 e. The van der Waals surface area contributed by atoms with Gasteiger partial charge in [0, 0.05) is 10.0 Å². The predicted molar refractivity (Wildman–Crippen MR) is 118 cm³/mol. The van der Waals surface area contributed by atoms with Crippen molar-refractivity contribution in [3.8, 4) is 17.2 Å². The number of ketones is 1. The first-order valence-corrected chi connectivity index (χ1v) is 9.81. The average molecular weight is 467 g/mol. The molecule has 0 saturated heterocycles. The van der Waals surface area contributed by atoms with Gasteiger partial charge in [0.1, 0.15) is 5.75 Å². The summed E-state index contributed by atoms with van der Waals surface area (Å²) in [4.78, 5) is 24.7. The molecule has 3 rings (SSSR count). The van der Waals surface area contributed by atoms with Crippen LogP contribution in [0.15, 0.2) is 77.3 Å². The maximum absolute atomic E-state index is 12.3. The van der Waals surface area contributed by atoms with E-state index < -0.39 is 5.97 Å². The molecule has 0 N–H and O–H groups in total. The second-order valence-corrected chi connectivity index (χ2v) is 7.15. The van der Waals surface area contributed by atoms with E-state index in [2.05, 4.69) is 15.9 Å². The molecule has 0 bridgehead atoms. The van der Waals surface area contributed by atoms with Crippen molar-refractivity contribution in [2.75, 3.05) is 14.2 Å². The fourth-order valence-corrected chi connectivity index (χ4v) is 2.90. The molecule has 30 heavy (non-hydrogen) atoms. The molecule has 152 valence electrons. The average Bonchev–Trinajstić information content (AvgIpc) is 2.78. The number of rotatable bonds is 7. The van der Waals surface area contributed by atoms with Crippen molar-refractivity contribution in [1.82, 2.24) is 0 Å². The van der Waals surface area contributed by atoms with Crippen LogP contribution in [0.5, 0.6) is 17.2 Å². The van der Waals surface area contributed by atoms with E-state index in [1.807, 2.05) is 0 Å². The van der Waals surface area contributed by atoms with Gasteiger partial charge in [-0.25, -0.2) is 4.79 Å².